The Bertz CT molecular complexity index is 887. The maximum absolute atomic E-state index is 12.5. The van der Waals surface area contributed by atoms with Crippen molar-refractivity contribution in [1.29, 1.82) is 0 Å². The van der Waals surface area contributed by atoms with Crippen LogP contribution in [0.25, 0.3) is 0 Å². The molecule has 0 radical (unpaired) electrons. The van der Waals surface area contributed by atoms with Gasteiger partial charge in [-0.15, -0.1) is 0 Å². The molecule has 0 spiro atoms. The van der Waals surface area contributed by atoms with Crippen LogP contribution in [-0.2, 0) is 16.1 Å². The minimum absolute atomic E-state index is 0.141. The van der Waals surface area contributed by atoms with E-state index in [4.69, 9.17) is 0 Å². The third-order valence-electron chi connectivity index (χ3n) is 5.40. The lowest BCUT2D eigenvalue weighted by Gasteiger charge is -2.27. The quantitative estimate of drug-likeness (QED) is 0.791. The van der Waals surface area contributed by atoms with Crippen molar-refractivity contribution in [3.63, 3.8) is 0 Å². The summed E-state index contributed by atoms with van der Waals surface area (Å²) in [5, 5.41) is 2.86. The molecule has 3 amide bonds. The van der Waals surface area contributed by atoms with Gasteiger partial charge in [0.05, 0.1) is 18.4 Å². The Labute approximate surface area is 169 Å². The highest BCUT2D eigenvalue weighted by atomic mass is 16.2. The first kappa shape index (κ1) is 19.1. The van der Waals surface area contributed by atoms with Crippen molar-refractivity contribution in [2.75, 3.05) is 23.3 Å². The molecule has 2 aliphatic rings. The number of aromatic nitrogens is 1. The molecule has 1 aromatic heterocycles. The number of nitrogens with zero attached hydrogens (tertiary/aromatic N) is 3. The van der Waals surface area contributed by atoms with E-state index in [1.165, 1.54) is 24.2 Å². The molecule has 2 saturated heterocycles. The Morgan fingerprint density at radius 3 is 2.24 bits per heavy atom. The van der Waals surface area contributed by atoms with Crippen molar-refractivity contribution in [2.45, 2.75) is 38.6 Å². The van der Waals surface area contributed by atoms with Crippen molar-refractivity contribution < 1.29 is 14.4 Å². The molecule has 0 saturated carbocycles. The number of piperidine rings is 1. The maximum atomic E-state index is 12.5. The molecule has 2 fully saturated rings. The van der Waals surface area contributed by atoms with E-state index in [1.54, 1.807) is 30.5 Å². The fourth-order valence-corrected chi connectivity index (χ4v) is 3.72. The van der Waals surface area contributed by atoms with Gasteiger partial charge in [-0.3, -0.25) is 19.3 Å². The number of carbonyl (C=O) groups excluding carboxylic acids is 3. The summed E-state index contributed by atoms with van der Waals surface area (Å²) in [7, 11) is 0. The molecule has 0 atom stereocenters. The Kier molecular flexibility index (Phi) is 5.55. The van der Waals surface area contributed by atoms with E-state index in [9.17, 15) is 14.4 Å². The second kappa shape index (κ2) is 8.43. The smallest absolute Gasteiger partial charge is 0.255 e. The highest BCUT2D eigenvalue weighted by molar-refractivity contribution is 6.04. The van der Waals surface area contributed by atoms with Gasteiger partial charge >= 0.3 is 0 Å². The molecule has 2 aliphatic heterocycles. The number of carbonyl (C=O) groups is 3. The minimum atomic E-state index is -0.225. The van der Waals surface area contributed by atoms with Crippen molar-refractivity contribution in [1.82, 2.24) is 9.88 Å². The molecule has 0 unspecified atom stereocenters. The first-order valence-corrected chi connectivity index (χ1v) is 10.0. The van der Waals surface area contributed by atoms with Gasteiger partial charge in [0.1, 0.15) is 5.82 Å². The van der Waals surface area contributed by atoms with E-state index < -0.39 is 0 Å². The zero-order chi connectivity index (χ0) is 20.2. The van der Waals surface area contributed by atoms with Crippen molar-refractivity contribution >= 4 is 29.2 Å². The van der Waals surface area contributed by atoms with Crippen LogP contribution in [0.2, 0.25) is 0 Å². The van der Waals surface area contributed by atoms with Crippen LogP contribution in [0.1, 0.15) is 48.0 Å². The van der Waals surface area contributed by atoms with Crippen LogP contribution >= 0.6 is 0 Å². The standard InChI is InChI=1S/C22H24N4O3/c27-20-10-11-21(28)26(20)15-16-4-6-17(7-5-16)22(29)24-18-8-9-19(23-14-18)25-12-2-1-3-13-25/h4-9,14H,1-3,10-13,15H2,(H,24,29). The Morgan fingerprint density at radius 1 is 0.931 bits per heavy atom. The molecule has 4 rings (SSSR count). The molecule has 7 heteroatoms. The Morgan fingerprint density at radius 2 is 1.62 bits per heavy atom. The number of likely N-dealkylation sites (tertiary alicyclic amines) is 1. The number of hydrogen-bond donors (Lipinski definition) is 1. The number of pyridine rings is 1. The lowest BCUT2D eigenvalue weighted by atomic mass is 10.1. The summed E-state index contributed by atoms with van der Waals surface area (Å²) in [4.78, 5) is 44.0. The van der Waals surface area contributed by atoms with E-state index in [1.807, 2.05) is 12.1 Å². The van der Waals surface area contributed by atoms with Gasteiger partial charge in [0.2, 0.25) is 11.8 Å². The molecular weight excluding hydrogens is 368 g/mol. The van der Waals surface area contributed by atoms with E-state index in [-0.39, 0.29) is 37.1 Å². The summed E-state index contributed by atoms with van der Waals surface area (Å²) in [6.07, 6.45) is 5.90. The Balaban J connectivity index is 1.35. The number of benzene rings is 1. The largest absolute Gasteiger partial charge is 0.357 e. The first-order valence-electron chi connectivity index (χ1n) is 10.0. The van der Waals surface area contributed by atoms with E-state index in [0.717, 1.165) is 24.5 Å². The van der Waals surface area contributed by atoms with Crippen LogP contribution < -0.4 is 10.2 Å². The first-order chi connectivity index (χ1) is 14.1. The highest BCUT2D eigenvalue weighted by Crippen LogP contribution is 2.20. The van der Waals surface area contributed by atoms with E-state index in [0.29, 0.717) is 11.3 Å². The van der Waals surface area contributed by atoms with Crippen molar-refractivity contribution in [3.05, 3.63) is 53.7 Å². The van der Waals surface area contributed by atoms with Gasteiger partial charge in [-0.05, 0) is 49.1 Å². The molecule has 1 N–H and O–H groups in total. The fraction of sp³-hybridized carbons (Fsp3) is 0.364. The summed E-state index contributed by atoms with van der Waals surface area (Å²) in [6.45, 7) is 2.31. The summed E-state index contributed by atoms with van der Waals surface area (Å²) in [6, 6.07) is 10.7. The Hall–Kier alpha value is -3.22. The highest BCUT2D eigenvalue weighted by Gasteiger charge is 2.28. The predicted octanol–water partition coefficient (Wildman–Crippen LogP) is 2.97. The average Bonchev–Trinajstić information content (AvgIpc) is 3.07. The molecule has 2 aromatic rings. The molecule has 1 aromatic carbocycles. The number of rotatable bonds is 5. The predicted molar refractivity (Wildman–Crippen MR) is 109 cm³/mol. The molecule has 0 bridgehead atoms. The molecule has 3 heterocycles. The summed E-state index contributed by atoms with van der Waals surface area (Å²) in [5.41, 5.74) is 1.97. The topological polar surface area (TPSA) is 82.6 Å². The second-order valence-electron chi connectivity index (χ2n) is 7.48. The van der Waals surface area contributed by atoms with Crippen LogP contribution in [0, 0.1) is 0 Å². The summed E-state index contributed by atoms with van der Waals surface area (Å²) >= 11 is 0. The van der Waals surface area contributed by atoms with E-state index >= 15 is 0 Å². The zero-order valence-electron chi connectivity index (χ0n) is 16.3. The van der Waals surface area contributed by atoms with Gasteiger partial charge in [0, 0.05) is 31.5 Å². The molecule has 7 nitrogen and oxygen atoms in total. The fourth-order valence-electron chi connectivity index (χ4n) is 3.72. The van der Waals surface area contributed by atoms with Gasteiger partial charge in [0.15, 0.2) is 0 Å². The van der Waals surface area contributed by atoms with Gasteiger partial charge in [-0.25, -0.2) is 4.98 Å². The van der Waals surface area contributed by atoms with Crippen molar-refractivity contribution in [2.24, 2.45) is 0 Å². The SMILES string of the molecule is O=C(Nc1ccc(N2CCCCC2)nc1)c1ccc(CN2C(=O)CCC2=O)cc1. The van der Waals surface area contributed by atoms with Crippen LogP contribution in [-0.4, -0.2) is 40.7 Å². The number of nitrogens with one attached hydrogen (secondary N) is 1. The van der Waals surface area contributed by atoms with E-state index in [2.05, 4.69) is 15.2 Å². The number of imide groups is 1. The van der Waals surface area contributed by atoms with Crippen molar-refractivity contribution in [3.8, 4) is 0 Å². The zero-order valence-corrected chi connectivity index (χ0v) is 16.3. The van der Waals surface area contributed by atoms with Gasteiger partial charge in [0.25, 0.3) is 5.91 Å². The molecule has 0 aliphatic carbocycles. The molecule has 29 heavy (non-hydrogen) atoms. The van der Waals surface area contributed by atoms with Crippen LogP contribution in [0.4, 0.5) is 11.5 Å². The number of anilines is 2. The number of hydrogen-bond acceptors (Lipinski definition) is 5. The number of amides is 3. The lowest BCUT2D eigenvalue weighted by Crippen LogP contribution is -2.30. The summed E-state index contributed by atoms with van der Waals surface area (Å²) in [5.74, 6) is 0.435. The second-order valence-corrected chi connectivity index (χ2v) is 7.48. The van der Waals surface area contributed by atoms with Crippen LogP contribution in [0.5, 0.6) is 0 Å². The third kappa shape index (κ3) is 4.45. The van der Waals surface area contributed by atoms with Crippen LogP contribution in [0.3, 0.4) is 0 Å². The normalized spacial score (nSPS) is 17.0. The van der Waals surface area contributed by atoms with Crippen LogP contribution in [0.15, 0.2) is 42.6 Å². The molecular formula is C22H24N4O3. The van der Waals surface area contributed by atoms with Gasteiger partial charge in [-0.2, -0.15) is 0 Å². The minimum Gasteiger partial charge on any atom is -0.357 e. The third-order valence-corrected chi connectivity index (χ3v) is 5.40. The molecule has 150 valence electrons. The average molecular weight is 392 g/mol. The maximum Gasteiger partial charge on any atom is 0.255 e. The van der Waals surface area contributed by atoms with Gasteiger partial charge in [-0.1, -0.05) is 12.1 Å². The lowest BCUT2D eigenvalue weighted by molar-refractivity contribution is -0.139. The monoisotopic (exact) mass is 392 g/mol. The van der Waals surface area contributed by atoms with Gasteiger partial charge < -0.3 is 10.2 Å². The summed E-state index contributed by atoms with van der Waals surface area (Å²) < 4.78 is 0.